The highest BCUT2D eigenvalue weighted by atomic mass is 32.4. The van der Waals surface area contributed by atoms with Crippen LogP contribution in [0.3, 0.4) is 0 Å². The fraction of sp³-hybridized carbons (Fsp3) is 1.00. The van der Waals surface area contributed by atoms with Crippen molar-refractivity contribution in [3.05, 3.63) is 0 Å². The highest BCUT2D eigenvalue weighted by Gasteiger charge is 1.72. The first kappa shape index (κ1) is 5.48. The van der Waals surface area contributed by atoms with Crippen molar-refractivity contribution in [1.29, 1.82) is 0 Å². The number of hydrogen-bond acceptors (Lipinski definition) is 2. The Morgan fingerprint density at radius 1 is 2.00 bits per heavy atom. The monoisotopic (exact) mass is 109 g/mol. The fourth-order valence-corrected chi connectivity index (χ4v) is 0.530. The molecule has 1 atom stereocenters. The van der Waals surface area contributed by atoms with E-state index in [0.717, 1.165) is 6.61 Å². The quantitative estimate of drug-likeness (QED) is 0.491. The minimum absolute atomic E-state index is 0.241. The summed E-state index contributed by atoms with van der Waals surface area (Å²) in [7, 11) is 0.241. The average Bonchev–Trinajstić information content (AvgIpc) is 1.41. The lowest BCUT2D eigenvalue weighted by Crippen LogP contribution is -1.65. The standard InChI is InChI=1S/C2H5OPS/c1-2-3-4-5/h2H2,1H3/p+1. The molecule has 0 saturated carbocycles. The van der Waals surface area contributed by atoms with Crippen LogP contribution in [0.15, 0.2) is 0 Å². The molecular weight excluding hydrogens is 103 g/mol. The number of hydrogen-bond donors (Lipinski definition) is 0. The van der Waals surface area contributed by atoms with E-state index < -0.39 is 0 Å². The zero-order chi connectivity index (χ0) is 4.12. The molecule has 0 radical (unpaired) electrons. The number of rotatable bonds is 2. The van der Waals surface area contributed by atoms with E-state index in [4.69, 9.17) is 0 Å². The molecule has 0 aromatic heterocycles. The van der Waals surface area contributed by atoms with Crippen molar-refractivity contribution in [2.45, 2.75) is 6.92 Å². The van der Waals surface area contributed by atoms with Crippen molar-refractivity contribution in [2.75, 3.05) is 6.61 Å². The molecule has 30 valence electrons. The van der Waals surface area contributed by atoms with Crippen LogP contribution in [0.1, 0.15) is 6.92 Å². The topological polar surface area (TPSA) is 9.23 Å². The molecule has 0 bridgehead atoms. The van der Waals surface area contributed by atoms with Crippen LogP contribution < -0.4 is 0 Å². The van der Waals surface area contributed by atoms with Gasteiger partial charge in [0.2, 0.25) is 0 Å². The van der Waals surface area contributed by atoms with Gasteiger partial charge in [0, 0.05) is 0 Å². The van der Waals surface area contributed by atoms with Gasteiger partial charge in [-0.1, -0.05) is 0 Å². The molecular formula is C2H6OPS+. The maximum Gasteiger partial charge on any atom is 0.322 e. The van der Waals surface area contributed by atoms with Gasteiger partial charge in [-0.2, -0.15) is 4.52 Å². The zero-order valence-electron chi connectivity index (χ0n) is 3.02. The van der Waals surface area contributed by atoms with Gasteiger partial charge in [0.1, 0.15) is 0 Å². The lowest BCUT2D eigenvalue weighted by atomic mass is 10.9. The molecule has 0 saturated heterocycles. The second kappa shape index (κ2) is 4.48. The van der Waals surface area contributed by atoms with Crippen LogP contribution in [0.4, 0.5) is 0 Å². The molecule has 0 amide bonds. The summed E-state index contributed by atoms with van der Waals surface area (Å²) in [6.45, 7) is 2.68. The molecule has 1 unspecified atom stereocenters. The fourth-order valence-electron chi connectivity index (χ4n) is 0.0589. The Labute approximate surface area is 38.3 Å². The van der Waals surface area contributed by atoms with Crippen molar-refractivity contribution in [1.82, 2.24) is 0 Å². The molecule has 0 aliphatic carbocycles. The Hall–Kier alpha value is 0.480. The molecule has 0 N–H and O–H groups in total. The Morgan fingerprint density at radius 2 is 2.60 bits per heavy atom. The maximum atomic E-state index is 4.68. The molecule has 0 heterocycles. The minimum Gasteiger partial charge on any atom is -0.170 e. The predicted octanol–water partition coefficient (Wildman–Crippen LogP) is 1.08. The van der Waals surface area contributed by atoms with Gasteiger partial charge in [-0.05, 0) is 6.92 Å². The molecule has 0 spiro atoms. The van der Waals surface area contributed by atoms with Crippen LogP contribution in [0.2, 0.25) is 0 Å². The van der Waals surface area contributed by atoms with Gasteiger partial charge < -0.3 is 0 Å². The van der Waals surface area contributed by atoms with E-state index in [2.05, 4.69) is 16.3 Å². The molecule has 5 heavy (non-hydrogen) atoms. The van der Waals surface area contributed by atoms with Crippen LogP contribution in [0.5, 0.6) is 0 Å². The minimum atomic E-state index is 0.241. The van der Waals surface area contributed by atoms with Crippen LogP contribution in [-0.4, -0.2) is 6.61 Å². The van der Waals surface area contributed by atoms with E-state index in [1.165, 1.54) is 0 Å². The first-order valence-corrected chi connectivity index (χ1v) is 3.45. The van der Waals surface area contributed by atoms with Crippen molar-refractivity contribution < 1.29 is 4.52 Å². The van der Waals surface area contributed by atoms with Gasteiger partial charge in [-0.3, -0.25) is 0 Å². The Balaban J connectivity index is 2.40. The molecule has 0 aliphatic heterocycles. The molecule has 3 heteroatoms. The maximum absolute atomic E-state index is 4.68. The third-order valence-corrected chi connectivity index (χ3v) is 0.963. The van der Waals surface area contributed by atoms with Crippen molar-refractivity contribution >= 4 is 19.4 Å². The van der Waals surface area contributed by atoms with E-state index in [-0.39, 0.29) is 7.58 Å². The van der Waals surface area contributed by atoms with Crippen LogP contribution in [0.25, 0.3) is 0 Å². The van der Waals surface area contributed by atoms with Crippen molar-refractivity contribution in [3.8, 4) is 0 Å². The third kappa shape index (κ3) is 4.48. The summed E-state index contributed by atoms with van der Waals surface area (Å²) in [5.74, 6) is 0. The van der Waals surface area contributed by atoms with E-state index in [9.17, 15) is 0 Å². The largest absolute Gasteiger partial charge is 0.322 e. The van der Waals surface area contributed by atoms with E-state index in [0.29, 0.717) is 0 Å². The Bertz CT molecular complexity index is 30.8. The van der Waals surface area contributed by atoms with Gasteiger partial charge in [-0.25, -0.2) is 0 Å². The summed E-state index contributed by atoms with van der Waals surface area (Å²) in [5, 5.41) is 0. The van der Waals surface area contributed by atoms with Crippen LogP contribution >= 0.6 is 7.58 Å². The van der Waals surface area contributed by atoms with Crippen LogP contribution in [0, 0.1) is 0 Å². The third-order valence-electron chi connectivity index (χ3n) is 0.203. The zero-order valence-corrected chi connectivity index (χ0v) is 4.84. The average molecular weight is 109 g/mol. The van der Waals surface area contributed by atoms with Gasteiger partial charge in [-0.15, -0.1) is 0 Å². The van der Waals surface area contributed by atoms with Crippen molar-refractivity contribution in [2.24, 2.45) is 0 Å². The second-order valence-corrected chi connectivity index (χ2v) is 1.47. The molecule has 0 aromatic carbocycles. The SMILES string of the molecule is CCO[PH+]=S. The molecule has 0 aromatic rings. The van der Waals surface area contributed by atoms with E-state index in [1.54, 1.807) is 0 Å². The highest BCUT2D eigenvalue weighted by Crippen LogP contribution is 1.89. The second-order valence-electron chi connectivity index (χ2n) is 0.516. The van der Waals surface area contributed by atoms with Gasteiger partial charge >= 0.3 is 7.58 Å². The summed E-state index contributed by atoms with van der Waals surface area (Å²) in [5.41, 5.74) is 0. The molecule has 0 aliphatic rings. The van der Waals surface area contributed by atoms with Gasteiger partial charge in [0.05, 0.1) is 6.61 Å². The normalized spacial score (nSPS) is 9.00. The van der Waals surface area contributed by atoms with Crippen molar-refractivity contribution in [3.63, 3.8) is 0 Å². The highest BCUT2D eigenvalue weighted by molar-refractivity contribution is 7.94. The van der Waals surface area contributed by atoms with Gasteiger partial charge in [0.25, 0.3) is 0 Å². The first-order valence-electron chi connectivity index (χ1n) is 1.40. The summed E-state index contributed by atoms with van der Waals surface area (Å²) in [6.07, 6.45) is 0. The van der Waals surface area contributed by atoms with E-state index in [1.807, 2.05) is 6.92 Å². The summed E-state index contributed by atoms with van der Waals surface area (Å²) in [4.78, 5) is 0. The lowest BCUT2D eigenvalue weighted by Gasteiger charge is -1.65. The smallest absolute Gasteiger partial charge is 0.170 e. The molecule has 0 fully saturated rings. The Morgan fingerprint density at radius 3 is 2.60 bits per heavy atom. The lowest BCUT2D eigenvalue weighted by molar-refractivity contribution is 0.398. The molecule has 0 rings (SSSR count). The van der Waals surface area contributed by atoms with E-state index >= 15 is 0 Å². The summed E-state index contributed by atoms with van der Waals surface area (Å²) in [6, 6.07) is 0. The molecule has 1 nitrogen and oxygen atoms in total. The summed E-state index contributed by atoms with van der Waals surface area (Å²) < 4.78 is 4.68. The van der Waals surface area contributed by atoms with Crippen LogP contribution in [-0.2, 0) is 16.3 Å². The Kier molecular flexibility index (Phi) is 4.91. The predicted molar refractivity (Wildman–Crippen MR) is 27.3 cm³/mol. The summed E-state index contributed by atoms with van der Waals surface area (Å²) >= 11 is 4.46. The first-order chi connectivity index (χ1) is 2.41. The van der Waals surface area contributed by atoms with Gasteiger partial charge in [0.15, 0.2) is 11.8 Å².